The van der Waals surface area contributed by atoms with Crippen molar-refractivity contribution in [2.24, 2.45) is 11.8 Å². The van der Waals surface area contributed by atoms with E-state index in [1.165, 1.54) is 0 Å². The quantitative estimate of drug-likeness (QED) is 0.133. The van der Waals surface area contributed by atoms with Crippen LogP contribution in [0.1, 0.15) is 77.1 Å². The summed E-state index contributed by atoms with van der Waals surface area (Å²) >= 11 is 1.55. The van der Waals surface area contributed by atoms with Crippen LogP contribution in [0, 0.1) is 11.8 Å². The highest BCUT2D eigenvalue weighted by atomic mass is 32.2. The van der Waals surface area contributed by atoms with Gasteiger partial charge in [0.15, 0.2) is 0 Å². The van der Waals surface area contributed by atoms with Crippen LogP contribution in [0.15, 0.2) is 42.5 Å². The van der Waals surface area contributed by atoms with Crippen LogP contribution in [0.25, 0.3) is 53.6 Å². The van der Waals surface area contributed by atoms with E-state index < -0.39 is 32.1 Å². The topological polar surface area (TPSA) is 203 Å². The number of H-pyrrole nitrogens is 2. The van der Waals surface area contributed by atoms with Gasteiger partial charge in [0.05, 0.1) is 51.4 Å². The van der Waals surface area contributed by atoms with E-state index in [2.05, 4.69) is 25.5 Å². The van der Waals surface area contributed by atoms with Crippen molar-refractivity contribution < 1.29 is 26.4 Å². The number of carbonyl (C=O) groups is 2. The van der Waals surface area contributed by atoms with Gasteiger partial charge in [-0.2, -0.15) is 0 Å². The maximum absolute atomic E-state index is 13.7. The van der Waals surface area contributed by atoms with Gasteiger partial charge >= 0.3 is 0 Å². The number of fused-ring (bicyclic) bond motifs is 6. The van der Waals surface area contributed by atoms with Gasteiger partial charge in [0.25, 0.3) is 0 Å². The SMILES string of the molecule is CC(C)[C@H](NS(C)(=O)=O)C(=O)N1CCC[C@H]1c1nc2c(ccc3cc(-c4nc5ccc6[nH]c([C@@H]7CCCN7C(=O)[C@@H](NS(C)(=O)=O)C(C)C)nc6c5s4)ccc32)[nH]1. The second-order valence-electron chi connectivity index (χ2n) is 16.1. The summed E-state index contributed by atoms with van der Waals surface area (Å²) in [4.78, 5) is 52.8. The lowest BCUT2D eigenvalue weighted by Gasteiger charge is -2.29. The smallest absolute Gasteiger partial charge is 0.241 e. The summed E-state index contributed by atoms with van der Waals surface area (Å²) in [6.45, 7) is 8.37. The summed E-state index contributed by atoms with van der Waals surface area (Å²) in [5.41, 5.74) is 5.02. The number of benzene rings is 3. The third-order valence-electron chi connectivity index (χ3n) is 11.0. The standard InChI is InChI=1S/C39H47N9O6S3/c1-20(2)30(45-56(5,51)52)38(49)47-17-7-9-28(47)35-40-25-14-12-22-19-23(11-13-24(22)32(25)43-35)37-42-27-16-15-26-33(34(27)55-37)44-36(41-26)29-10-8-18-48(29)39(50)31(21(3)4)46-57(6,53)54/h11-16,19-21,28-31,45-46H,7-10,17-18H2,1-6H3,(H,40,43)(H,41,44)/t28-,29-,30-,31-/m0/s1. The van der Waals surface area contributed by atoms with Crippen molar-refractivity contribution in [2.45, 2.75) is 77.5 Å². The number of hydrogen-bond donors (Lipinski definition) is 4. The monoisotopic (exact) mass is 833 g/mol. The third-order valence-corrected chi connectivity index (χ3v) is 13.5. The Hall–Kier alpha value is -4.49. The Kier molecular flexibility index (Phi) is 10.2. The number of nitrogens with one attached hydrogen (secondary N) is 4. The minimum absolute atomic E-state index is 0.224. The molecule has 0 aliphatic carbocycles. The fraction of sp³-hybridized carbons (Fsp3) is 0.462. The lowest BCUT2D eigenvalue weighted by atomic mass is 10.0. The van der Waals surface area contributed by atoms with E-state index in [1.807, 2.05) is 64.1 Å². The largest absolute Gasteiger partial charge is 0.340 e. The van der Waals surface area contributed by atoms with Gasteiger partial charge in [-0.1, -0.05) is 45.9 Å². The second-order valence-corrected chi connectivity index (χ2v) is 20.6. The van der Waals surface area contributed by atoms with Gasteiger partial charge in [-0.05, 0) is 67.2 Å². The predicted molar refractivity (Wildman–Crippen MR) is 222 cm³/mol. The highest BCUT2D eigenvalue weighted by Crippen LogP contribution is 2.39. The first-order valence-electron chi connectivity index (χ1n) is 19.2. The molecule has 57 heavy (non-hydrogen) atoms. The molecule has 2 aliphatic heterocycles. The predicted octanol–water partition coefficient (Wildman–Crippen LogP) is 5.34. The number of nitrogens with zero attached hydrogens (tertiary/aromatic N) is 5. The number of imidazole rings is 2. The summed E-state index contributed by atoms with van der Waals surface area (Å²) < 4.78 is 54.3. The first-order valence-corrected chi connectivity index (χ1v) is 23.8. The lowest BCUT2D eigenvalue weighted by molar-refractivity contribution is -0.135. The van der Waals surface area contributed by atoms with Crippen molar-refractivity contribution in [1.82, 2.24) is 44.2 Å². The van der Waals surface area contributed by atoms with Crippen LogP contribution in [0.4, 0.5) is 0 Å². The Labute approximate surface area is 335 Å². The number of sulfonamides is 2. The van der Waals surface area contributed by atoms with E-state index in [1.54, 1.807) is 21.1 Å². The average molecular weight is 834 g/mol. The number of hydrogen-bond acceptors (Lipinski definition) is 10. The molecule has 2 saturated heterocycles. The van der Waals surface area contributed by atoms with Gasteiger partial charge in [0, 0.05) is 24.0 Å². The zero-order chi connectivity index (χ0) is 40.6. The molecular weight excluding hydrogens is 787 g/mol. The molecule has 6 aromatic rings. The molecule has 3 aromatic heterocycles. The maximum Gasteiger partial charge on any atom is 0.241 e. The molecule has 8 rings (SSSR count). The molecule has 0 unspecified atom stereocenters. The molecule has 0 radical (unpaired) electrons. The van der Waals surface area contributed by atoms with E-state index in [9.17, 15) is 26.4 Å². The summed E-state index contributed by atoms with van der Waals surface area (Å²) in [5.74, 6) is 0.397. The Balaban J connectivity index is 1.07. The van der Waals surface area contributed by atoms with Crippen molar-refractivity contribution in [3.63, 3.8) is 0 Å². The van der Waals surface area contributed by atoms with Crippen molar-refractivity contribution in [3.8, 4) is 10.6 Å². The molecule has 2 amide bonds. The number of likely N-dealkylation sites (tertiary alicyclic amines) is 2. The van der Waals surface area contributed by atoms with Gasteiger partial charge in [-0.15, -0.1) is 11.3 Å². The van der Waals surface area contributed by atoms with Crippen LogP contribution in [-0.2, 0) is 29.6 Å². The Bertz CT molecular complexity index is 2770. The minimum Gasteiger partial charge on any atom is -0.340 e. The fourth-order valence-corrected chi connectivity index (χ4v) is 11.0. The summed E-state index contributed by atoms with van der Waals surface area (Å²) in [5, 5.41) is 2.77. The molecule has 0 spiro atoms. The van der Waals surface area contributed by atoms with Crippen LogP contribution in [-0.4, -0.2) is 101 Å². The number of thiazole rings is 1. The molecule has 15 nitrogen and oxygen atoms in total. The molecular formula is C39H47N9O6S3. The molecule has 4 atom stereocenters. The maximum atomic E-state index is 13.7. The van der Waals surface area contributed by atoms with Gasteiger partial charge < -0.3 is 19.8 Å². The third kappa shape index (κ3) is 7.65. The molecule has 3 aromatic carbocycles. The van der Waals surface area contributed by atoms with Crippen LogP contribution in [0.3, 0.4) is 0 Å². The van der Waals surface area contributed by atoms with Crippen molar-refractivity contribution in [1.29, 1.82) is 0 Å². The Morgan fingerprint density at radius 1 is 0.737 bits per heavy atom. The Morgan fingerprint density at radius 2 is 1.26 bits per heavy atom. The molecule has 302 valence electrons. The first kappa shape index (κ1) is 39.3. The van der Waals surface area contributed by atoms with E-state index in [0.717, 1.165) is 85.4 Å². The Morgan fingerprint density at radius 3 is 1.81 bits per heavy atom. The first-order chi connectivity index (χ1) is 27.0. The number of amides is 2. The highest BCUT2D eigenvalue weighted by Gasteiger charge is 2.39. The molecule has 0 saturated carbocycles. The molecule has 5 heterocycles. The van der Waals surface area contributed by atoms with Crippen molar-refractivity contribution in [3.05, 3.63) is 54.1 Å². The molecule has 2 fully saturated rings. The van der Waals surface area contributed by atoms with Crippen molar-refractivity contribution >= 4 is 86.3 Å². The number of carbonyl (C=O) groups excluding carboxylic acids is 2. The zero-order valence-electron chi connectivity index (χ0n) is 32.7. The van der Waals surface area contributed by atoms with E-state index in [4.69, 9.17) is 15.0 Å². The molecule has 2 aliphatic rings. The average Bonchev–Trinajstić information content (AvgIpc) is 3.98. The van der Waals surface area contributed by atoms with Crippen LogP contribution in [0.2, 0.25) is 0 Å². The summed E-state index contributed by atoms with van der Waals surface area (Å²) in [7, 11) is -7.17. The number of aromatic nitrogens is 5. The highest BCUT2D eigenvalue weighted by molar-refractivity contribution is 7.89. The number of rotatable bonds is 11. The normalized spacial score (nSPS) is 19.3. The summed E-state index contributed by atoms with van der Waals surface area (Å²) in [6, 6.07) is 11.8. The summed E-state index contributed by atoms with van der Waals surface area (Å²) in [6.07, 6.45) is 5.15. The fourth-order valence-electron chi connectivity index (χ4n) is 8.26. The zero-order valence-corrected chi connectivity index (χ0v) is 35.1. The van der Waals surface area contributed by atoms with Gasteiger partial charge in [0.1, 0.15) is 34.3 Å². The minimum atomic E-state index is -3.59. The van der Waals surface area contributed by atoms with E-state index in [-0.39, 0.29) is 35.7 Å². The van der Waals surface area contributed by atoms with Crippen molar-refractivity contribution in [2.75, 3.05) is 25.6 Å². The second kappa shape index (κ2) is 14.7. The molecule has 4 N–H and O–H groups in total. The van der Waals surface area contributed by atoms with Crippen LogP contribution >= 0.6 is 11.3 Å². The van der Waals surface area contributed by atoms with Crippen LogP contribution < -0.4 is 9.44 Å². The molecule has 18 heteroatoms. The van der Waals surface area contributed by atoms with E-state index in [0.29, 0.717) is 31.2 Å². The van der Waals surface area contributed by atoms with Gasteiger partial charge in [-0.25, -0.2) is 41.2 Å². The lowest BCUT2D eigenvalue weighted by Crippen LogP contribution is -2.50. The van der Waals surface area contributed by atoms with Gasteiger partial charge in [-0.3, -0.25) is 9.59 Å². The number of aromatic amines is 2. The van der Waals surface area contributed by atoms with Gasteiger partial charge in [0.2, 0.25) is 31.9 Å². The molecule has 0 bridgehead atoms. The van der Waals surface area contributed by atoms with E-state index >= 15 is 0 Å². The van der Waals surface area contributed by atoms with Crippen LogP contribution in [0.5, 0.6) is 0 Å².